The van der Waals surface area contributed by atoms with E-state index in [2.05, 4.69) is 62.5 Å². The Bertz CT molecular complexity index is 5280. The number of aromatic nitrogens is 4. The summed E-state index contributed by atoms with van der Waals surface area (Å²) in [5, 5.41) is 50.9. The fourth-order valence-electron chi connectivity index (χ4n) is 13.9. The van der Waals surface area contributed by atoms with E-state index < -0.39 is 95.1 Å². The second-order valence-corrected chi connectivity index (χ2v) is 30.2. The van der Waals surface area contributed by atoms with Crippen LogP contribution in [0.1, 0.15) is 152 Å². The molecule has 8 heterocycles. The summed E-state index contributed by atoms with van der Waals surface area (Å²) in [5.74, 6) is -6.76. The monoisotopic (exact) mass is 1670 g/mol. The van der Waals surface area contributed by atoms with Crippen molar-refractivity contribution in [2.75, 3.05) is 84.2 Å². The Morgan fingerprint density at radius 1 is 0.355 bits per heavy atom. The SMILES string of the molecule is Cc1[nH]c(/C=C2\C(=O)Nc3ccc(F)cc32)c(C)c1C(=O)NCC(=O)N(C)C.Cc1[nH]c(/C=C2\C(=O)Nc3ccc(F)cc32)c(C)c1C(=O)N[C@@H](C(=O)N(C)C)[C@@H](C)O.Cc1[nH]c(/C=C2\C(=O)Nc3ccc(F)cc32)c(C)c1C(=O)N[C@@H](C(=O)N(C)C)[C@H](C)O.Cc1[nH]c(/C=C2\C(=O)Nc3ccc(F)cc32)c(C)c1C(=O)N[C@H](C(=O)N(C)C)[C@@H](C)O. The van der Waals surface area contributed by atoms with Gasteiger partial charge in [0, 0.05) is 147 Å². The molecule has 15 N–H and O–H groups in total. The quantitative estimate of drug-likeness (QED) is 0.0274. The van der Waals surface area contributed by atoms with Crippen LogP contribution < -0.4 is 42.5 Å². The molecule has 6 atom stereocenters. The highest BCUT2D eigenvalue weighted by Gasteiger charge is 2.36. The minimum atomic E-state index is -1.10. The Balaban J connectivity index is 0.000000184. The number of carbonyl (C=O) groups is 12. The Kier molecular flexibility index (Phi) is 28.2. The molecule has 0 radical (unpaired) electrons. The molecule has 4 aliphatic heterocycles. The number of hydrogen-bond donors (Lipinski definition) is 15. The second-order valence-electron chi connectivity index (χ2n) is 30.2. The third-order valence-electron chi connectivity index (χ3n) is 20.4. The first-order chi connectivity index (χ1) is 56.7. The normalized spacial score (nSPS) is 15.5. The van der Waals surface area contributed by atoms with Gasteiger partial charge in [0.2, 0.25) is 23.6 Å². The van der Waals surface area contributed by atoms with Gasteiger partial charge in [-0.25, -0.2) is 17.6 Å². The first-order valence-electron chi connectivity index (χ1n) is 37.9. The van der Waals surface area contributed by atoms with Crippen LogP contribution in [0.3, 0.4) is 0 Å². The standard InChI is InChI=1S/3C22H25FN4O4.C20H21FN4O3/c3*1-10-17(9-15-14-8-13(23)6-7-16(14)25-20(15)29)24-11(2)18(10)21(30)26-19(12(3)28)22(31)27(4)5;1-10-16(8-14-13-7-12(21)5-6-15(13)24-19(14)27)23-11(2)18(10)20(28)22-9-17(26)25(3)4/h3*6-9,12,19,24,28H,1-5H3,(H,25,29)(H,26,30);5-8,23H,9H2,1-4H3,(H,22,28)(H,24,27)/b3*15-9-;14-8-/t2*12-,19+;12-,19-;/m101./s1. The number of fused-ring (bicyclic) bond motifs is 4. The molecule has 12 amide bonds. The number of carbonyl (C=O) groups excluding carboxylic acids is 12. The van der Waals surface area contributed by atoms with Crippen LogP contribution in [-0.4, -0.2) is 225 Å². The number of nitrogens with one attached hydrogen (secondary N) is 12. The van der Waals surface area contributed by atoms with E-state index in [0.29, 0.717) is 141 Å². The van der Waals surface area contributed by atoms with Gasteiger partial charge in [-0.05, 0) is 196 Å². The molecule has 12 rings (SSSR count). The van der Waals surface area contributed by atoms with Gasteiger partial charge in [-0.3, -0.25) is 57.5 Å². The van der Waals surface area contributed by atoms with E-state index in [0.717, 1.165) is 0 Å². The number of aromatic amines is 4. The number of nitrogens with zero attached hydrogens (tertiary/aromatic N) is 4. The largest absolute Gasteiger partial charge is 0.391 e. The number of aryl methyl sites for hydroxylation is 4. The van der Waals surface area contributed by atoms with Crippen molar-refractivity contribution in [2.45, 2.75) is 113 Å². The number of rotatable bonds is 19. The molecule has 0 unspecified atom stereocenters. The number of halogens is 4. The van der Waals surface area contributed by atoms with Crippen molar-refractivity contribution in [1.29, 1.82) is 0 Å². The molecule has 4 aliphatic rings. The lowest BCUT2D eigenvalue weighted by Crippen LogP contribution is -2.52. The lowest BCUT2D eigenvalue weighted by atomic mass is 10.0. The smallest absolute Gasteiger partial charge is 0.256 e. The molecule has 0 bridgehead atoms. The highest BCUT2D eigenvalue weighted by molar-refractivity contribution is 6.37. The maximum absolute atomic E-state index is 13.7. The van der Waals surface area contributed by atoms with Gasteiger partial charge in [0.25, 0.3) is 47.3 Å². The maximum atomic E-state index is 13.7. The van der Waals surface area contributed by atoms with E-state index in [1.54, 1.807) is 93.8 Å². The third-order valence-corrected chi connectivity index (χ3v) is 20.4. The average Bonchev–Trinajstić information content (AvgIpc) is 1.65. The van der Waals surface area contributed by atoms with Crippen molar-refractivity contribution in [3.05, 3.63) is 208 Å². The summed E-state index contributed by atoms with van der Waals surface area (Å²) in [6, 6.07) is 12.9. The van der Waals surface area contributed by atoms with E-state index in [9.17, 15) is 90.4 Å². The predicted octanol–water partition coefficient (Wildman–Crippen LogP) is 7.57. The third kappa shape index (κ3) is 20.2. The van der Waals surface area contributed by atoms with E-state index in [4.69, 9.17) is 0 Å². The summed E-state index contributed by atoms with van der Waals surface area (Å²) in [6.07, 6.45) is 3.03. The predicted molar refractivity (Wildman–Crippen MR) is 449 cm³/mol. The number of H-pyrrole nitrogens is 4. The van der Waals surface area contributed by atoms with Crippen molar-refractivity contribution in [3.63, 3.8) is 0 Å². The molecule has 638 valence electrons. The zero-order valence-corrected chi connectivity index (χ0v) is 70.0. The number of amides is 12. The summed E-state index contributed by atoms with van der Waals surface area (Å²) in [4.78, 5) is 167. The number of likely N-dealkylation sites (N-methyl/N-ethyl adjacent to an activating group) is 4. The fraction of sp³-hybridized carbons (Fsp3) is 0.302. The molecule has 8 aromatic rings. The topological polar surface area (TPSA) is 438 Å². The van der Waals surface area contributed by atoms with E-state index in [-0.39, 0.29) is 58.7 Å². The van der Waals surface area contributed by atoms with Gasteiger partial charge in [-0.2, -0.15) is 0 Å². The molecule has 0 aliphatic carbocycles. The molecular formula is C86H96F4N16O15. The van der Waals surface area contributed by atoms with Crippen molar-refractivity contribution in [1.82, 2.24) is 60.8 Å². The zero-order valence-electron chi connectivity index (χ0n) is 70.0. The van der Waals surface area contributed by atoms with Crippen LogP contribution in [0.4, 0.5) is 40.3 Å². The van der Waals surface area contributed by atoms with Crippen LogP contribution in [0.5, 0.6) is 0 Å². The Hall–Kier alpha value is -13.8. The van der Waals surface area contributed by atoms with Gasteiger partial charge < -0.3 is 97.4 Å². The van der Waals surface area contributed by atoms with Crippen LogP contribution in [0, 0.1) is 78.7 Å². The van der Waals surface area contributed by atoms with Crippen molar-refractivity contribution >= 4 is 140 Å². The number of hydrogen-bond acceptors (Lipinski definition) is 15. The van der Waals surface area contributed by atoms with Gasteiger partial charge in [0.1, 0.15) is 41.4 Å². The van der Waals surface area contributed by atoms with E-state index >= 15 is 0 Å². The maximum Gasteiger partial charge on any atom is 0.256 e. The van der Waals surface area contributed by atoms with Gasteiger partial charge in [0.05, 0.1) is 69.4 Å². The van der Waals surface area contributed by atoms with Crippen LogP contribution in [0.2, 0.25) is 0 Å². The summed E-state index contributed by atoms with van der Waals surface area (Å²) in [6.45, 7) is 17.8. The first kappa shape index (κ1) is 91.1. The molecular weight excluding hydrogens is 1570 g/mol. The number of aliphatic hydroxyl groups is 3. The summed E-state index contributed by atoms with van der Waals surface area (Å²) < 4.78 is 54.7. The molecule has 4 aromatic carbocycles. The highest BCUT2D eigenvalue weighted by Crippen LogP contribution is 2.39. The van der Waals surface area contributed by atoms with Gasteiger partial charge in [0.15, 0.2) is 0 Å². The molecule has 35 heteroatoms. The van der Waals surface area contributed by atoms with Gasteiger partial charge >= 0.3 is 0 Å². The van der Waals surface area contributed by atoms with Gasteiger partial charge in [-0.15, -0.1) is 0 Å². The van der Waals surface area contributed by atoms with Crippen molar-refractivity contribution in [3.8, 4) is 0 Å². The Labute approximate surface area is 693 Å². The lowest BCUT2D eigenvalue weighted by molar-refractivity contribution is -0.133. The molecule has 4 aromatic heterocycles. The summed E-state index contributed by atoms with van der Waals surface area (Å²) in [5.41, 5.74) is 12.9. The van der Waals surface area contributed by atoms with Crippen LogP contribution >= 0.6 is 0 Å². The zero-order chi connectivity index (χ0) is 89.7. The minimum absolute atomic E-state index is 0.110. The van der Waals surface area contributed by atoms with Crippen LogP contribution in [-0.2, 0) is 38.4 Å². The van der Waals surface area contributed by atoms with Crippen molar-refractivity contribution < 1.29 is 90.4 Å². The lowest BCUT2D eigenvalue weighted by Gasteiger charge is -2.24. The number of anilines is 4. The highest BCUT2D eigenvalue weighted by atomic mass is 19.1. The average molecular weight is 1670 g/mol. The Morgan fingerprint density at radius 2 is 0.570 bits per heavy atom. The first-order valence-corrected chi connectivity index (χ1v) is 37.9. The summed E-state index contributed by atoms with van der Waals surface area (Å²) >= 11 is 0. The molecule has 0 saturated carbocycles. The molecule has 31 nitrogen and oxygen atoms in total. The van der Waals surface area contributed by atoms with Crippen LogP contribution in [0.25, 0.3) is 46.6 Å². The fourth-order valence-corrected chi connectivity index (χ4v) is 13.9. The molecule has 0 fully saturated rings. The van der Waals surface area contributed by atoms with E-state index in [1.807, 2.05) is 0 Å². The minimum Gasteiger partial charge on any atom is -0.391 e. The molecule has 121 heavy (non-hydrogen) atoms. The number of aliphatic hydroxyl groups excluding tert-OH is 3. The molecule has 0 saturated heterocycles. The van der Waals surface area contributed by atoms with Crippen LogP contribution in [0.15, 0.2) is 72.8 Å². The number of benzene rings is 4. The second kappa shape index (κ2) is 37.4. The van der Waals surface area contributed by atoms with Gasteiger partial charge in [-0.1, -0.05) is 0 Å². The Morgan fingerprint density at radius 3 is 0.769 bits per heavy atom. The van der Waals surface area contributed by atoms with Crippen molar-refractivity contribution in [2.24, 2.45) is 0 Å². The summed E-state index contributed by atoms with van der Waals surface area (Å²) in [7, 11) is 12.4. The molecule has 0 spiro atoms. The van der Waals surface area contributed by atoms with E-state index in [1.165, 1.54) is 155 Å².